The van der Waals surface area contributed by atoms with Crippen LogP contribution in [0.5, 0.6) is 0 Å². The molecule has 0 saturated carbocycles. The highest BCUT2D eigenvalue weighted by atomic mass is 35.5. The van der Waals surface area contributed by atoms with Crippen LogP contribution in [0.1, 0.15) is 5.82 Å². The van der Waals surface area contributed by atoms with E-state index in [1.807, 2.05) is 18.2 Å². The zero-order valence-corrected chi connectivity index (χ0v) is 13.0. The second kappa shape index (κ2) is 5.78. The van der Waals surface area contributed by atoms with Gasteiger partial charge in [-0.1, -0.05) is 24.3 Å². The number of halogens is 1. The maximum atomic E-state index is 5.96. The van der Waals surface area contributed by atoms with Crippen LogP contribution in [0.15, 0.2) is 48.5 Å². The van der Waals surface area contributed by atoms with Gasteiger partial charge in [0.1, 0.15) is 5.82 Å². The van der Waals surface area contributed by atoms with Crippen LogP contribution in [0.25, 0.3) is 16.7 Å². The maximum Gasteiger partial charge on any atom is 0.115 e. The second-order valence-corrected chi connectivity index (χ2v) is 5.55. The minimum atomic E-state index is 0.563. The quantitative estimate of drug-likeness (QED) is 0.682. The Kier molecular flexibility index (Phi) is 3.84. The Morgan fingerprint density at radius 3 is 2.52 bits per heavy atom. The zero-order valence-electron chi connectivity index (χ0n) is 12.3. The highest BCUT2D eigenvalue weighted by Crippen LogP contribution is 2.28. The van der Waals surface area contributed by atoms with Crippen molar-refractivity contribution in [3.05, 3.63) is 54.4 Å². The summed E-state index contributed by atoms with van der Waals surface area (Å²) in [6.07, 6.45) is 0.748. The van der Waals surface area contributed by atoms with Gasteiger partial charge in [-0.15, -0.1) is 11.6 Å². The fourth-order valence-electron chi connectivity index (χ4n) is 2.63. The van der Waals surface area contributed by atoms with Crippen molar-refractivity contribution in [3.63, 3.8) is 0 Å². The zero-order chi connectivity index (χ0) is 14.8. The molecule has 0 aliphatic carbocycles. The number of anilines is 1. The third-order valence-corrected chi connectivity index (χ3v) is 3.74. The standard InChI is InChI=1S/C17H18ClN3/c1-20(2)15-9-5-6-10-16(15)21-14-8-4-3-7-13(14)19-17(21)11-12-18/h3-10H,11-12H2,1-2H3. The second-order valence-electron chi connectivity index (χ2n) is 5.17. The summed E-state index contributed by atoms with van der Waals surface area (Å²) in [6.45, 7) is 0. The van der Waals surface area contributed by atoms with Gasteiger partial charge in [0.05, 0.1) is 22.4 Å². The van der Waals surface area contributed by atoms with Crippen molar-refractivity contribution in [2.24, 2.45) is 0 Å². The van der Waals surface area contributed by atoms with E-state index >= 15 is 0 Å². The molecule has 0 N–H and O–H groups in total. The van der Waals surface area contributed by atoms with E-state index in [-0.39, 0.29) is 0 Å². The van der Waals surface area contributed by atoms with E-state index in [2.05, 4.69) is 53.9 Å². The van der Waals surface area contributed by atoms with Crippen molar-refractivity contribution in [2.45, 2.75) is 6.42 Å². The molecule has 108 valence electrons. The van der Waals surface area contributed by atoms with Crippen LogP contribution < -0.4 is 4.90 Å². The molecule has 0 bridgehead atoms. The summed E-state index contributed by atoms with van der Waals surface area (Å²) in [6, 6.07) is 16.6. The number of aromatic nitrogens is 2. The fourth-order valence-corrected chi connectivity index (χ4v) is 2.80. The lowest BCUT2D eigenvalue weighted by atomic mass is 10.2. The molecule has 0 aliphatic heterocycles. The van der Waals surface area contributed by atoms with E-state index in [0.717, 1.165) is 34.7 Å². The van der Waals surface area contributed by atoms with Gasteiger partial charge >= 0.3 is 0 Å². The van der Waals surface area contributed by atoms with Crippen molar-refractivity contribution in [3.8, 4) is 5.69 Å². The third-order valence-electron chi connectivity index (χ3n) is 3.55. The fraction of sp³-hybridized carbons (Fsp3) is 0.235. The number of hydrogen-bond acceptors (Lipinski definition) is 2. The predicted octanol–water partition coefficient (Wildman–Crippen LogP) is 3.87. The first kappa shape index (κ1) is 14.0. The van der Waals surface area contributed by atoms with Crippen molar-refractivity contribution < 1.29 is 0 Å². The molecular formula is C17H18ClN3. The van der Waals surface area contributed by atoms with Crippen LogP contribution in [-0.2, 0) is 6.42 Å². The number of alkyl halides is 1. The highest BCUT2D eigenvalue weighted by Gasteiger charge is 2.14. The third kappa shape index (κ3) is 2.49. The first-order chi connectivity index (χ1) is 10.2. The van der Waals surface area contributed by atoms with Crippen molar-refractivity contribution in [2.75, 3.05) is 24.9 Å². The van der Waals surface area contributed by atoms with Gasteiger partial charge in [0.15, 0.2) is 0 Å². The van der Waals surface area contributed by atoms with Gasteiger partial charge in [-0.3, -0.25) is 4.57 Å². The van der Waals surface area contributed by atoms with Crippen LogP contribution in [0.3, 0.4) is 0 Å². The Bertz CT molecular complexity index is 762. The first-order valence-corrected chi connectivity index (χ1v) is 7.55. The molecule has 1 aromatic heterocycles. The summed E-state index contributed by atoms with van der Waals surface area (Å²) in [5.41, 5.74) is 4.42. The van der Waals surface area contributed by atoms with E-state index in [0.29, 0.717) is 5.88 Å². The Morgan fingerprint density at radius 2 is 1.76 bits per heavy atom. The summed E-state index contributed by atoms with van der Waals surface area (Å²) in [4.78, 5) is 6.86. The van der Waals surface area contributed by atoms with E-state index < -0.39 is 0 Å². The largest absolute Gasteiger partial charge is 0.376 e. The first-order valence-electron chi connectivity index (χ1n) is 7.01. The summed E-state index contributed by atoms with van der Waals surface area (Å²) in [7, 11) is 4.11. The number of aryl methyl sites for hydroxylation is 1. The SMILES string of the molecule is CN(C)c1ccccc1-n1c(CCCl)nc2ccccc21. The van der Waals surface area contributed by atoms with Gasteiger partial charge < -0.3 is 4.90 Å². The van der Waals surface area contributed by atoms with Gasteiger partial charge in [0.2, 0.25) is 0 Å². The average molecular weight is 300 g/mol. The molecule has 0 aliphatic rings. The molecular weight excluding hydrogens is 282 g/mol. The molecule has 2 aromatic carbocycles. The molecule has 3 aromatic rings. The normalized spacial score (nSPS) is 11.0. The Hall–Kier alpha value is -2.00. The van der Waals surface area contributed by atoms with Gasteiger partial charge in [-0.2, -0.15) is 0 Å². The summed E-state index contributed by atoms with van der Waals surface area (Å²) < 4.78 is 2.22. The van der Waals surface area contributed by atoms with Crippen LogP contribution in [0, 0.1) is 0 Å². The van der Waals surface area contributed by atoms with Crippen LogP contribution in [0.2, 0.25) is 0 Å². The van der Waals surface area contributed by atoms with E-state index in [1.54, 1.807) is 0 Å². The lowest BCUT2D eigenvalue weighted by Gasteiger charge is -2.19. The molecule has 4 heteroatoms. The summed E-state index contributed by atoms with van der Waals surface area (Å²) >= 11 is 5.96. The van der Waals surface area contributed by atoms with E-state index in [1.165, 1.54) is 0 Å². The number of rotatable bonds is 4. The van der Waals surface area contributed by atoms with Crippen LogP contribution in [-0.4, -0.2) is 29.5 Å². The van der Waals surface area contributed by atoms with Gasteiger partial charge in [-0.05, 0) is 24.3 Å². The molecule has 0 radical (unpaired) electrons. The lowest BCUT2D eigenvalue weighted by molar-refractivity contribution is 0.907. The number of para-hydroxylation sites is 4. The molecule has 1 heterocycles. The van der Waals surface area contributed by atoms with Gasteiger partial charge in [0, 0.05) is 26.4 Å². The van der Waals surface area contributed by atoms with Crippen molar-refractivity contribution in [1.29, 1.82) is 0 Å². The maximum absolute atomic E-state index is 5.96. The lowest BCUT2D eigenvalue weighted by Crippen LogP contribution is -2.13. The molecule has 0 amide bonds. The molecule has 3 rings (SSSR count). The molecule has 0 atom stereocenters. The van der Waals surface area contributed by atoms with Gasteiger partial charge in [0.25, 0.3) is 0 Å². The number of benzene rings is 2. The highest BCUT2D eigenvalue weighted by molar-refractivity contribution is 6.18. The van der Waals surface area contributed by atoms with Gasteiger partial charge in [-0.25, -0.2) is 4.98 Å². The summed E-state index contributed by atoms with van der Waals surface area (Å²) in [5.74, 6) is 1.56. The van der Waals surface area contributed by atoms with Crippen LogP contribution >= 0.6 is 11.6 Å². The number of nitrogens with zero attached hydrogens (tertiary/aromatic N) is 3. The molecule has 0 fully saturated rings. The van der Waals surface area contributed by atoms with Crippen molar-refractivity contribution in [1.82, 2.24) is 9.55 Å². The Morgan fingerprint density at radius 1 is 1.05 bits per heavy atom. The molecule has 0 unspecified atom stereocenters. The van der Waals surface area contributed by atoms with Crippen LogP contribution in [0.4, 0.5) is 5.69 Å². The monoisotopic (exact) mass is 299 g/mol. The predicted molar refractivity (Wildman–Crippen MR) is 89.8 cm³/mol. The average Bonchev–Trinajstić information content (AvgIpc) is 2.85. The molecule has 0 spiro atoms. The molecule has 21 heavy (non-hydrogen) atoms. The van der Waals surface area contributed by atoms with Crippen molar-refractivity contribution >= 4 is 28.3 Å². The Labute approximate surface area is 129 Å². The minimum absolute atomic E-state index is 0.563. The number of hydrogen-bond donors (Lipinski definition) is 0. The summed E-state index contributed by atoms with van der Waals surface area (Å²) in [5, 5.41) is 0. The van der Waals surface area contributed by atoms with E-state index in [4.69, 9.17) is 16.6 Å². The smallest absolute Gasteiger partial charge is 0.115 e. The molecule has 0 saturated heterocycles. The minimum Gasteiger partial charge on any atom is -0.376 e. The van der Waals surface area contributed by atoms with E-state index in [9.17, 15) is 0 Å². The number of fused-ring (bicyclic) bond motifs is 1. The topological polar surface area (TPSA) is 21.1 Å². The molecule has 3 nitrogen and oxygen atoms in total. The Balaban J connectivity index is 2.31. The number of imidazole rings is 1.